The second kappa shape index (κ2) is 3.96. The lowest BCUT2D eigenvalue weighted by atomic mass is 10.1. The molecule has 1 aliphatic rings. The highest BCUT2D eigenvalue weighted by Gasteiger charge is 2.81. The van der Waals surface area contributed by atoms with Crippen molar-refractivity contribution >= 4 is 11.4 Å². The maximum atomic E-state index is 14.0. The molecule has 0 unspecified atom stereocenters. The molecular weight excluding hydrogens is 298 g/mol. The van der Waals surface area contributed by atoms with Crippen LogP contribution in [0.25, 0.3) is 11.4 Å². The minimum atomic E-state index is -5.51. The summed E-state index contributed by atoms with van der Waals surface area (Å²) in [6.45, 7) is 0. The predicted octanol–water partition coefficient (Wildman–Crippen LogP) is 4.03. The molecule has 0 saturated carbocycles. The first kappa shape index (κ1) is 13.8. The first-order chi connectivity index (χ1) is 9.71. The molecular formula is C13H8F6N2. The Morgan fingerprint density at radius 1 is 0.571 bits per heavy atom. The number of nitrogens with zero attached hydrogens (tertiary/aromatic N) is 2. The van der Waals surface area contributed by atoms with Crippen LogP contribution < -0.4 is 0 Å². The van der Waals surface area contributed by atoms with E-state index >= 15 is 0 Å². The molecule has 0 spiro atoms. The lowest BCUT2D eigenvalue weighted by Gasteiger charge is -2.25. The van der Waals surface area contributed by atoms with E-state index in [1.807, 2.05) is 0 Å². The standard InChI is InChI=1S/C13H8F6N2/c14-11(15)9(20-5-1-2-6-20)10(21-7-3-4-8-21)12(16,17)13(11,18)19/h1-8H. The number of hydrogen-bond acceptors (Lipinski definition) is 0. The average Bonchev–Trinajstić information content (AvgIpc) is 3.08. The van der Waals surface area contributed by atoms with E-state index in [0.29, 0.717) is 9.13 Å². The van der Waals surface area contributed by atoms with E-state index in [-0.39, 0.29) is 0 Å². The van der Waals surface area contributed by atoms with Gasteiger partial charge in [-0.3, -0.25) is 0 Å². The fourth-order valence-electron chi connectivity index (χ4n) is 2.33. The lowest BCUT2D eigenvalue weighted by molar-refractivity contribution is -0.256. The minimum Gasteiger partial charge on any atom is -0.320 e. The van der Waals surface area contributed by atoms with Crippen LogP contribution in [-0.2, 0) is 0 Å². The zero-order valence-electron chi connectivity index (χ0n) is 10.3. The summed E-state index contributed by atoms with van der Waals surface area (Å²) in [5.41, 5.74) is -2.86. The van der Waals surface area contributed by atoms with E-state index in [1.54, 1.807) is 0 Å². The molecule has 8 heteroatoms. The van der Waals surface area contributed by atoms with Crippen molar-refractivity contribution in [3.05, 3.63) is 49.1 Å². The summed E-state index contributed by atoms with van der Waals surface area (Å²) < 4.78 is 84.3. The topological polar surface area (TPSA) is 9.86 Å². The Bertz CT molecular complexity index is 624. The lowest BCUT2D eigenvalue weighted by Crippen LogP contribution is -2.49. The second-order valence-corrected chi connectivity index (χ2v) is 4.60. The highest BCUT2D eigenvalue weighted by Crippen LogP contribution is 2.61. The number of hydrogen-bond donors (Lipinski definition) is 0. The van der Waals surface area contributed by atoms with E-state index in [2.05, 4.69) is 0 Å². The van der Waals surface area contributed by atoms with Crippen LogP contribution in [0.5, 0.6) is 0 Å². The number of allylic oxidation sites excluding steroid dienone is 2. The number of alkyl halides is 6. The van der Waals surface area contributed by atoms with Crippen molar-refractivity contribution in [1.82, 2.24) is 9.13 Å². The third kappa shape index (κ3) is 1.55. The molecule has 0 radical (unpaired) electrons. The van der Waals surface area contributed by atoms with Gasteiger partial charge in [0, 0.05) is 24.8 Å². The van der Waals surface area contributed by atoms with Crippen molar-refractivity contribution in [2.24, 2.45) is 0 Å². The Hall–Kier alpha value is -2.12. The monoisotopic (exact) mass is 306 g/mol. The van der Waals surface area contributed by atoms with Crippen LogP contribution >= 0.6 is 0 Å². The van der Waals surface area contributed by atoms with Gasteiger partial charge in [-0.05, 0) is 24.3 Å². The Morgan fingerprint density at radius 3 is 1.14 bits per heavy atom. The van der Waals surface area contributed by atoms with Gasteiger partial charge < -0.3 is 9.13 Å². The van der Waals surface area contributed by atoms with Gasteiger partial charge in [-0.2, -0.15) is 26.3 Å². The van der Waals surface area contributed by atoms with Crippen LogP contribution in [0.1, 0.15) is 0 Å². The smallest absolute Gasteiger partial charge is 0.320 e. The molecule has 2 nitrogen and oxygen atoms in total. The highest BCUT2D eigenvalue weighted by atomic mass is 19.3. The molecule has 2 heterocycles. The van der Waals surface area contributed by atoms with Crippen molar-refractivity contribution in [3.8, 4) is 0 Å². The summed E-state index contributed by atoms with van der Waals surface area (Å²) in [6.07, 6.45) is 4.07. The first-order valence-corrected chi connectivity index (χ1v) is 5.86. The van der Waals surface area contributed by atoms with Crippen molar-refractivity contribution in [2.45, 2.75) is 17.8 Å². The molecule has 0 bridgehead atoms. The van der Waals surface area contributed by atoms with Crippen molar-refractivity contribution in [1.29, 1.82) is 0 Å². The van der Waals surface area contributed by atoms with Crippen LogP contribution in [-0.4, -0.2) is 26.9 Å². The molecule has 2 aromatic heterocycles. The summed E-state index contributed by atoms with van der Waals surface area (Å²) in [6, 6.07) is 5.13. The number of rotatable bonds is 2. The van der Waals surface area contributed by atoms with Crippen LogP contribution in [0.15, 0.2) is 49.1 Å². The molecule has 0 aliphatic heterocycles. The fourth-order valence-corrected chi connectivity index (χ4v) is 2.33. The van der Waals surface area contributed by atoms with Gasteiger partial charge in [-0.1, -0.05) is 0 Å². The average molecular weight is 306 g/mol. The van der Waals surface area contributed by atoms with Crippen LogP contribution in [0, 0.1) is 0 Å². The zero-order chi connectivity index (χ0) is 15.5. The van der Waals surface area contributed by atoms with Crippen LogP contribution in [0.3, 0.4) is 0 Å². The van der Waals surface area contributed by atoms with Crippen molar-refractivity contribution in [2.75, 3.05) is 0 Å². The van der Waals surface area contributed by atoms with Crippen molar-refractivity contribution < 1.29 is 26.3 Å². The maximum Gasteiger partial charge on any atom is 0.383 e. The molecule has 21 heavy (non-hydrogen) atoms. The van der Waals surface area contributed by atoms with E-state index < -0.39 is 29.2 Å². The van der Waals surface area contributed by atoms with Gasteiger partial charge in [0.05, 0.1) is 0 Å². The molecule has 1 aliphatic carbocycles. The van der Waals surface area contributed by atoms with Gasteiger partial charge in [-0.25, -0.2) is 0 Å². The molecule has 0 saturated heterocycles. The predicted molar refractivity (Wildman–Crippen MR) is 63.1 cm³/mol. The molecule has 2 aromatic rings. The minimum absolute atomic E-state index is 0.587. The van der Waals surface area contributed by atoms with Gasteiger partial charge in [0.15, 0.2) is 0 Å². The Kier molecular flexibility index (Phi) is 2.61. The maximum absolute atomic E-state index is 14.0. The number of halogens is 6. The summed E-state index contributed by atoms with van der Waals surface area (Å²) in [4.78, 5) is 0. The molecule has 0 fully saturated rings. The normalized spacial score (nSPS) is 22.8. The van der Waals surface area contributed by atoms with E-state index in [9.17, 15) is 26.3 Å². The Balaban J connectivity index is 2.38. The summed E-state index contributed by atoms with van der Waals surface area (Å²) in [5, 5.41) is 0. The third-order valence-electron chi connectivity index (χ3n) is 3.33. The molecule has 0 amide bonds. The van der Waals surface area contributed by atoms with Gasteiger partial charge in [0.2, 0.25) is 0 Å². The van der Waals surface area contributed by atoms with Gasteiger partial charge in [0.1, 0.15) is 11.4 Å². The van der Waals surface area contributed by atoms with Gasteiger partial charge in [-0.15, -0.1) is 0 Å². The summed E-state index contributed by atoms with van der Waals surface area (Å²) >= 11 is 0. The highest BCUT2D eigenvalue weighted by molar-refractivity contribution is 5.86. The van der Waals surface area contributed by atoms with Crippen LogP contribution in [0.2, 0.25) is 0 Å². The summed E-state index contributed by atoms with van der Waals surface area (Å²) in [7, 11) is 0. The largest absolute Gasteiger partial charge is 0.383 e. The Labute approximate surface area is 114 Å². The van der Waals surface area contributed by atoms with Crippen molar-refractivity contribution in [3.63, 3.8) is 0 Å². The van der Waals surface area contributed by atoms with Crippen LogP contribution in [0.4, 0.5) is 26.3 Å². The van der Waals surface area contributed by atoms with E-state index in [1.165, 1.54) is 24.3 Å². The summed E-state index contributed by atoms with van der Waals surface area (Å²) in [5.74, 6) is -15.5. The second-order valence-electron chi connectivity index (χ2n) is 4.60. The molecule has 0 aromatic carbocycles. The molecule has 0 atom stereocenters. The quantitative estimate of drug-likeness (QED) is 0.741. The Morgan fingerprint density at radius 2 is 0.857 bits per heavy atom. The molecule has 0 N–H and O–H groups in total. The fraction of sp³-hybridized carbons (Fsp3) is 0.231. The van der Waals surface area contributed by atoms with E-state index in [4.69, 9.17) is 0 Å². The first-order valence-electron chi connectivity index (χ1n) is 5.86. The number of aromatic nitrogens is 2. The van der Waals surface area contributed by atoms with E-state index in [0.717, 1.165) is 24.8 Å². The zero-order valence-corrected chi connectivity index (χ0v) is 10.3. The molecule has 112 valence electrons. The van der Waals surface area contributed by atoms with Gasteiger partial charge >= 0.3 is 17.8 Å². The SMILES string of the molecule is FC1(F)C(n2cccc2)=C(n2cccc2)C(F)(F)C1(F)F. The third-order valence-corrected chi connectivity index (χ3v) is 3.33. The molecule has 3 rings (SSSR count). The van der Waals surface area contributed by atoms with Gasteiger partial charge in [0.25, 0.3) is 0 Å².